The first kappa shape index (κ1) is 17.3. The topological polar surface area (TPSA) is 75.6 Å². The van der Waals surface area contributed by atoms with Crippen LogP contribution in [0, 0.1) is 11.3 Å². The van der Waals surface area contributed by atoms with Crippen molar-refractivity contribution in [2.24, 2.45) is 11.3 Å². The molecule has 3 aliphatic rings. The maximum absolute atomic E-state index is 12.4. The Morgan fingerprint density at radius 3 is 2.14 bits per heavy atom. The van der Waals surface area contributed by atoms with E-state index in [1.54, 1.807) is 0 Å². The van der Waals surface area contributed by atoms with Crippen LogP contribution >= 0.6 is 0 Å². The van der Waals surface area contributed by atoms with Crippen molar-refractivity contribution in [2.75, 3.05) is 6.61 Å². The number of benzene rings is 2. The van der Waals surface area contributed by atoms with Gasteiger partial charge in [0.05, 0.1) is 0 Å². The van der Waals surface area contributed by atoms with Gasteiger partial charge in [-0.15, -0.1) is 0 Å². The third-order valence-corrected chi connectivity index (χ3v) is 6.70. The van der Waals surface area contributed by atoms with Gasteiger partial charge in [-0.3, -0.25) is 0 Å². The summed E-state index contributed by atoms with van der Waals surface area (Å²) in [4.78, 5) is 24.0. The summed E-state index contributed by atoms with van der Waals surface area (Å²) in [5.74, 6) is -0.991. The highest BCUT2D eigenvalue weighted by Crippen LogP contribution is 2.64. The summed E-state index contributed by atoms with van der Waals surface area (Å²) in [5, 5.41) is 12.1. The van der Waals surface area contributed by atoms with Crippen LogP contribution < -0.4 is 5.32 Å². The van der Waals surface area contributed by atoms with Crippen molar-refractivity contribution < 1.29 is 19.4 Å². The molecule has 1 amide bonds. The SMILES string of the molecule is O=C(N[C@@H](C(=O)O)C1CC2(CC2)C1)OCC1c2ccccc2-c2ccccc21. The fourth-order valence-electron chi connectivity index (χ4n) is 5.02. The number of hydrogen-bond acceptors (Lipinski definition) is 3. The largest absolute Gasteiger partial charge is 0.480 e. The molecule has 2 fully saturated rings. The van der Waals surface area contributed by atoms with Gasteiger partial charge in [-0.05, 0) is 59.3 Å². The number of nitrogens with one attached hydrogen (secondary N) is 1. The number of ether oxygens (including phenoxy) is 1. The zero-order chi connectivity index (χ0) is 19.3. The maximum atomic E-state index is 12.4. The molecule has 2 aromatic rings. The zero-order valence-electron chi connectivity index (χ0n) is 15.6. The summed E-state index contributed by atoms with van der Waals surface area (Å²) in [5.41, 5.74) is 5.00. The number of fused-ring (bicyclic) bond motifs is 3. The smallest absolute Gasteiger partial charge is 0.407 e. The predicted octanol–water partition coefficient (Wildman–Crippen LogP) is 4.17. The van der Waals surface area contributed by atoms with E-state index in [2.05, 4.69) is 29.6 Å². The molecule has 2 N–H and O–H groups in total. The minimum Gasteiger partial charge on any atom is -0.480 e. The molecule has 0 heterocycles. The molecular weight excluding hydrogens is 354 g/mol. The molecular formula is C23H23NO4. The molecule has 0 unspecified atom stereocenters. The Bertz CT molecular complexity index is 896. The number of amides is 1. The summed E-state index contributed by atoms with van der Waals surface area (Å²) in [6, 6.07) is 15.4. The summed E-state index contributed by atoms with van der Waals surface area (Å²) in [6.07, 6.45) is 3.54. The van der Waals surface area contributed by atoms with E-state index in [9.17, 15) is 14.7 Å². The van der Waals surface area contributed by atoms with Gasteiger partial charge >= 0.3 is 12.1 Å². The van der Waals surface area contributed by atoms with Crippen LogP contribution in [0.15, 0.2) is 48.5 Å². The minimum atomic E-state index is -0.978. The Balaban J connectivity index is 1.26. The predicted molar refractivity (Wildman–Crippen MR) is 104 cm³/mol. The average molecular weight is 377 g/mol. The van der Waals surface area contributed by atoms with Crippen molar-refractivity contribution in [3.05, 3.63) is 59.7 Å². The second-order valence-corrected chi connectivity index (χ2v) is 8.45. The van der Waals surface area contributed by atoms with Gasteiger partial charge in [0.1, 0.15) is 12.6 Å². The van der Waals surface area contributed by atoms with Crippen LogP contribution in [-0.4, -0.2) is 29.8 Å². The van der Waals surface area contributed by atoms with Crippen LogP contribution in [0.3, 0.4) is 0 Å². The lowest BCUT2D eigenvalue weighted by molar-refractivity contribution is -0.142. The van der Waals surface area contributed by atoms with E-state index in [1.807, 2.05) is 24.3 Å². The summed E-state index contributed by atoms with van der Waals surface area (Å²) in [7, 11) is 0. The first-order valence-electron chi connectivity index (χ1n) is 9.91. The number of carbonyl (C=O) groups excluding carboxylic acids is 1. The molecule has 0 bridgehead atoms. The fourth-order valence-corrected chi connectivity index (χ4v) is 5.02. The van der Waals surface area contributed by atoms with Crippen LogP contribution in [0.2, 0.25) is 0 Å². The summed E-state index contributed by atoms with van der Waals surface area (Å²) >= 11 is 0. The highest BCUT2D eigenvalue weighted by Gasteiger charge is 2.56. The molecule has 144 valence electrons. The molecule has 5 heteroatoms. The van der Waals surface area contributed by atoms with Gasteiger partial charge in [0.2, 0.25) is 0 Å². The number of carbonyl (C=O) groups is 2. The third-order valence-electron chi connectivity index (χ3n) is 6.70. The lowest BCUT2D eigenvalue weighted by atomic mass is 9.68. The molecule has 0 aliphatic heterocycles. The van der Waals surface area contributed by atoms with Gasteiger partial charge in [-0.1, -0.05) is 48.5 Å². The standard InChI is InChI=1S/C23H23NO4/c25-21(26)20(14-11-23(12-14)9-10-23)24-22(27)28-13-19-17-7-3-1-5-15(17)16-6-2-4-8-18(16)19/h1-8,14,19-20H,9-13H2,(H,24,27)(H,25,26)/t20-/m1/s1. The van der Waals surface area contributed by atoms with Crippen molar-refractivity contribution in [1.82, 2.24) is 5.32 Å². The van der Waals surface area contributed by atoms with Crippen LogP contribution in [0.5, 0.6) is 0 Å². The molecule has 0 radical (unpaired) electrons. The number of carboxylic acids is 1. The van der Waals surface area contributed by atoms with Gasteiger partial charge < -0.3 is 15.2 Å². The number of aliphatic carboxylic acids is 1. The first-order chi connectivity index (χ1) is 13.6. The van der Waals surface area contributed by atoms with Crippen LogP contribution in [-0.2, 0) is 9.53 Å². The molecule has 0 aromatic heterocycles. The molecule has 0 saturated heterocycles. The second-order valence-electron chi connectivity index (χ2n) is 8.45. The normalized spacial score (nSPS) is 20.0. The maximum Gasteiger partial charge on any atom is 0.407 e. The highest BCUT2D eigenvalue weighted by molar-refractivity contribution is 5.81. The number of rotatable bonds is 5. The van der Waals surface area contributed by atoms with Crippen LogP contribution in [0.4, 0.5) is 4.79 Å². The molecule has 28 heavy (non-hydrogen) atoms. The Morgan fingerprint density at radius 2 is 1.61 bits per heavy atom. The molecule has 2 aromatic carbocycles. The zero-order valence-corrected chi connectivity index (χ0v) is 15.6. The van der Waals surface area contributed by atoms with Crippen molar-refractivity contribution in [3.63, 3.8) is 0 Å². The quantitative estimate of drug-likeness (QED) is 0.820. The lowest BCUT2D eigenvalue weighted by Gasteiger charge is -2.39. The van der Waals surface area contributed by atoms with Gasteiger partial charge in [-0.2, -0.15) is 0 Å². The first-order valence-corrected chi connectivity index (χ1v) is 9.91. The van der Waals surface area contributed by atoms with E-state index < -0.39 is 18.1 Å². The lowest BCUT2D eigenvalue weighted by Crippen LogP contribution is -2.50. The van der Waals surface area contributed by atoms with Crippen molar-refractivity contribution >= 4 is 12.1 Å². The molecule has 1 atom stereocenters. The van der Waals surface area contributed by atoms with Gasteiger partial charge in [0.25, 0.3) is 0 Å². The number of alkyl carbamates (subject to hydrolysis) is 1. The Labute approximate surface area is 163 Å². The second kappa shape index (κ2) is 6.36. The van der Waals surface area contributed by atoms with E-state index in [0.29, 0.717) is 5.41 Å². The monoisotopic (exact) mass is 377 g/mol. The van der Waals surface area contributed by atoms with Crippen molar-refractivity contribution in [1.29, 1.82) is 0 Å². The van der Waals surface area contributed by atoms with E-state index in [-0.39, 0.29) is 18.4 Å². The Hall–Kier alpha value is -2.82. The van der Waals surface area contributed by atoms with E-state index in [0.717, 1.165) is 24.0 Å². The number of carboxylic acid groups (broad SMARTS) is 1. The summed E-state index contributed by atoms with van der Waals surface area (Å²) in [6.45, 7) is 0.195. The summed E-state index contributed by atoms with van der Waals surface area (Å²) < 4.78 is 5.49. The molecule has 5 rings (SSSR count). The van der Waals surface area contributed by atoms with Crippen LogP contribution in [0.25, 0.3) is 11.1 Å². The van der Waals surface area contributed by atoms with E-state index in [4.69, 9.17) is 4.74 Å². The van der Waals surface area contributed by atoms with Crippen molar-refractivity contribution in [3.8, 4) is 11.1 Å². The van der Waals surface area contributed by atoms with E-state index in [1.165, 1.54) is 24.0 Å². The van der Waals surface area contributed by atoms with Gasteiger partial charge in [-0.25, -0.2) is 9.59 Å². The fraction of sp³-hybridized carbons (Fsp3) is 0.391. The highest BCUT2D eigenvalue weighted by atomic mass is 16.5. The average Bonchev–Trinajstić information content (AvgIpc) is 3.41. The van der Waals surface area contributed by atoms with E-state index >= 15 is 0 Å². The van der Waals surface area contributed by atoms with Gasteiger partial charge in [0, 0.05) is 5.92 Å². The Morgan fingerprint density at radius 1 is 1.04 bits per heavy atom. The minimum absolute atomic E-state index is 0.0143. The molecule has 5 nitrogen and oxygen atoms in total. The number of hydrogen-bond donors (Lipinski definition) is 2. The third kappa shape index (κ3) is 2.86. The van der Waals surface area contributed by atoms with Crippen molar-refractivity contribution in [2.45, 2.75) is 37.6 Å². The Kier molecular flexibility index (Phi) is 3.93. The molecule has 2 saturated carbocycles. The molecule has 1 spiro atoms. The van der Waals surface area contributed by atoms with Crippen LogP contribution in [0.1, 0.15) is 42.7 Å². The van der Waals surface area contributed by atoms with Gasteiger partial charge in [0.15, 0.2) is 0 Å². The molecule has 3 aliphatic carbocycles.